The van der Waals surface area contributed by atoms with E-state index in [0.717, 1.165) is 4.47 Å². The molecule has 1 unspecified atom stereocenters. The standard InChI is InChI=1S/C9H9BrO3/c1-6(11)9(12)13-8-4-2-3-7(10)5-8/h2-6,11H,1H3. The Morgan fingerprint density at radius 1 is 1.62 bits per heavy atom. The van der Waals surface area contributed by atoms with Crippen molar-refractivity contribution in [2.24, 2.45) is 0 Å². The van der Waals surface area contributed by atoms with E-state index >= 15 is 0 Å². The zero-order chi connectivity index (χ0) is 9.84. The first-order chi connectivity index (χ1) is 6.09. The normalized spacial score (nSPS) is 12.2. The smallest absolute Gasteiger partial charge is 0.340 e. The first-order valence-corrected chi connectivity index (χ1v) is 4.54. The van der Waals surface area contributed by atoms with Gasteiger partial charge in [-0.25, -0.2) is 4.79 Å². The lowest BCUT2D eigenvalue weighted by molar-refractivity contribution is -0.142. The molecule has 0 aliphatic rings. The summed E-state index contributed by atoms with van der Waals surface area (Å²) in [5, 5.41) is 8.87. The molecule has 0 radical (unpaired) electrons. The van der Waals surface area contributed by atoms with Crippen LogP contribution in [0.25, 0.3) is 0 Å². The first-order valence-electron chi connectivity index (χ1n) is 3.75. The Hall–Kier alpha value is -0.870. The average molecular weight is 245 g/mol. The van der Waals surface area contributed by atoms with Crippen LogP contribution in [0.5, 0.6) is 5.75 Å². The van der Waals surface area contributed by atoms with Gasteiger partial charge in [0.15, 0.2) is 0 Å². The highest BCUT2D eigenvalue weighted by molar-refractivity contribution is 9.10. The van der Waals surface area contributed by atoms with Crippen molar-refractivity contribution in [2.45, 2.75) is 13.0 Å². The minimum atomic E-state index is -1.10. The van der Waals surface area contributed by atoms with Crippen LogP contribution in [0.3, 0.4) is 0 Å². The molecule has 0 aromatic heterocycles. The number of halogens is 1. The molecule has 13 heavy (non-hydrogen) atoms. The maximum Gasteiger partial charge on any atom is 0.340 e. The predicted molar refractivity (Wildman–Crippen MR) is 51.5 cm³/mol. The van der Waals surface area contributed by atoms with Crippen molar-refractivity contribution in [3.05, 3.63) is 28.7 Å². The molecular formula is C9H9BrO3. The fourth-order valence-corrected chi connectivity index (χ4v) is 1.11. The molecule has 1 aromatic rings. The van der Waals surface area contributed by atoms with Gasteiger partial charge in [0.05, 0.1) is 0 Å². The molecule has 0 saturated carbocycles. The van der Waals surface area contributed by atoms with Crippen LogP contribution in [-0.4, -0.2) is 17.2 Å². The number of ether oxygens (including phenoxy) is 1. The topological polar surface area (TPSA) is 46.5 Å². The predicted octanol–water partition coefficient (Wildman–Crippen LogP) is 1.74. The van der Waals surface area contributed by atoms with Crippen molar-refractivity contribution >= 4 is 21.9 Å². The lowest BCUT2D eigenvalue weighted by Gasteiger charge is -2.05. The van der Waals surface area contributed by atoms with E-state index < -0.39 is 12.1 Å². The number of hydrogen-bond acceptors (Lipinski definition) is 3. The molecule has 1 aromatic carbocycles. The maximum atomic E-state index is 10.9. The summed E-state index contributed by atoms with van der Waals surface area (Å²) in [5.41, 5.74) is 0. The Kier molecular flexibility index (Phi) is 3.45. The van der Waals surface area contributed by atoms with Crippen LogP contribution >= 0.6 is 15.9 Å². The molecule has 0 aliphatic carbocycles. The third-order valence-electron chi connectivity index (χ3n) is 1.36. The molecule has 0 fully saturated rings. The van der Waals surface area contributed by atoms with Crippen molar-refractivity contribution in [1.29, 1.82) is 0 Å². The van der Waals surface area contributed by atoms with E-state index in [-0.39, 0.29) is 0 Å². The minimum Gasteiger partial charge on any atom is -0.425 e. The van der Waals surface area contributed by atoms with Gasteiger partial charge in [-0.2, -0.15) is 0 Å². The van der Waals surface area contributed by atoms with E-state index in [9.17, 15) is 4.79 Å². The Morgan fingerprint density at radius 2 is 2.31 bits per heavy atom. The molecular weight excluding hydrogens is 236 g/mol. The summed E-state index contributed by atoms with van der Waals surface area (Å²) in [4.78, 5) is 10.9. The van der Waals surface area contributed by atoms with E-state index in [2.05, 4.69) is 15.9 Å². The van der Waals surface area contributed by atoms with E-state index in [1.165, 1.54) is 6.92 Å². The fraction of sp³-hybridized carbons (Fsp3) is 0.222. The molecule has 0 saturated heterocycles. The second kappa shape index (κ2) is 4.39. The molecule has 0 bridgehead atoms. The van der Waals surface area contributed by atoms with Gasteiger partial charge < -0.3 is 9.84 Å². The average Bonchev–Trinajstić information content (AvgIpc) is 2.04. The van der Waals surface area contributed by atoms with Gasteiger partial charge in [0.25, 0.3) is 0 Å². The number of rotatable bonds is 2. The van der Waals surface area contributed by atoms with Gasteiger partial charge in [-0.1, -0.05) is 22.0 Å². The Bertz CT molecular complexity index is 309. The number of hydrogen-bond donors (Lipinski definition) is 1. The highest BCUT2D eigenvalue weighted by Crippen LogP contribution is 2.17. The second-order valence-electron chi connectivity index (χ2n) is 2.55. The summed E-state index contributed by atoms with van der Waals surface area (Å²) in [7, 11) is 0. The van der Waals surface area contributed by atoms with Crippen LogP contribution in [0, 0.1) is 0 Å². The van der Waals surface area contributed by atoms with E-state index in [4.69, 9.17) is 9.84 Å². The summed E-state index contributed by atoms with van der Waals surface area (Å²) in [6, 6.07) is 6.86. The van der Waals surface area contributed by atoms with Crippen LogP contribution in [0.2, 0.25) is 0 Å². The Labute approximate surface area is 84.5 Å². The van der Waals surface area contributed by atoms with Gasteiger partial charge in [0.1, 0.15) is 11.9 Å². The highest BCUT2D eigenvalue weighted by Gasteiger charge is 2.10. The van der Waals surface area contributed by atoms with Gasteiger partial charge in [-0.3, -0.25) is 0 Å². The van der Waals surface area contributed by atoms with Crippen molar-refractivity contribution in [3.63, 3.8) is 0 Å². The van der Waals surface area contributed by atoms with Crippen LogP contribution in [0.1, 0.15) is 6.92 Å². The molecule has 1 rings (SSSR count). The number of carbonyl (C=O) groups excluding carboxylic acids is 1. The van der Waals surface area contributed by atoms with Crippen LogP contribution in [0.4, 0.5) is 0 Å². The summed E-state index contributed by atoms with van der Waals surface area (Å²) in [6.07, 6.45) is -1.10. The van der Waals surface area contributed by atoms with Gasteiger partial charge in [-0.15, -0.1) is 0 Å². The van der Waals surface area contributed by atoms with Crippen LogP contribution in [0.15, 0.2) is 28.7 Å². The maximum absolute atomic E-state index is 10.9. The minimum absolute atomic E-state index is 0.417. The molecule has 3 nitrogen and oxygen atoms in total. The van der Waals surface area contributed by atoms with Crippen LogP contribution in [-0.2, 0) is 4.79 Å². The summed E-state index contributed by atoms with van der Waals surface area (Å²) in [6.45, 7) is 1.36. The lowest BCUT2D eigenvalue weighted by atomic mass is 10.3. The molecule has 1 atom stereocenters. The molecule has 0 amide bonds. The van der Waals surface area contributed by atoms with Gasteiger partial charge in [0.2, 0.25) is 0 Å². The van der Waals surface area contributed by atoms with Crippen molar-refractivity contribution < 1.29 is 14.6 Å². The van der Waals surface area contributed by atoms with Crippen LogP contribution < -0.4 is 4.74 Å². The zero-order valence-corrected chi connectivity index (χ0v) is 8.61. The van der Waals surface area contributed by atoms with Crippen molar-refractivity contribution in [2.75, 3.05) is 0 Å². The van der Waals surface area contributed by atoms with E-state index in [0.29, 0.717) is 5.75 Å². The third kappa shape index (κ3) is 3.16. The summed E-state index contributed by atoms with van der Waals surface area (Å²) < 4.78 is 5.66. The molecule has 1 N–H and O–H groups in total. The number of aliphatic hydroxyl groups is 1. The molecule has 4 heteroatoms. The van der Waals surface area contributed by atoms with Crippen molar-refractivity contribution in [1.82, 2.24) is 0 Å². The summed E-state index contributed by atoms with van der Waals surface area (Å²) >= 11 is 3.24. The second-order valence-corrected chi connectivity index (χ2v) is 3.47. The number of carbonyl (C=O) groups is 1. The van der Waals surface area contributed by atoms with Gasteiger partial charge >= 0.3 is 5.97 Å². The van der Waals surface area contributed by atoms with Crippen molar-refractivity contribution in [3.8, 4) is 5.75 Å². The van der Waals surface area contributed by atoms with Gasteiger partial charge in [0, 0.05) is 4.47 Å². The molecule has 0 heterocycles. The molecule has 0 spiro atoms. The lowest BCUT2D eigenvalue weighted by Crippen LogP contribution is -2.22. The zero-order valence-electron chi connectivity index (χ0n) is 7.03. The number of benzene rings is 1. The first kappa shape index (κ1) is 10.2. The monoisotopic (exact) mass is 244 g/mol. The van der Waals surface area contributed by atoms with E-state index in [1.54, 1.807) is 18.2 Å². The molecule has 70 valence electrons. The number of esters is 1. The fourth-order valence-electron chi connectivity index (χ4n) is 0.732. The highest BCUT2D eigenvalue weighted by atomic mass is 79.9. The quantitative estimate of drug-likeness (QED) is 0.637. The molecule has 0 aliphatic heterocycles. The van der Waals surface area contributed by atoms with Gasteiger partial charge in [-0.05, 0) is 25.1 Å². The SMILES string of the molecule is CC(O)C(=O)Oc1cccc(Br)c1. The summed E-state index contributed by atoms with van der Waals surface area (Å²) in [5.74, 6) is -0.238. The Morgan fingerprint density at radius 3 is 2.85 bits per heavy atom. The van der Waals surface area contributed by atoms with E-state index in [1.807, 2.05) is 6.07 Å². The number of aliphatic hydroxyl groups excluding tert-OH is 1. The third-order valence-corrected chi connectivity index (χ3v) is 1.85. The largest absolute Gasteiger partial charge is 0.425 e. The Balaban J connectivity index is 2.69.